The lowest BCUT2D eigenvalue weighted by Gasteiger charge is -1.87. The van der Waals surface area contributed by atoms with Gasteiger partial charge >= 0.3 is 0 Å². The van der Waals surface area contributed by atoms with E-state index in [9.17, 15) is 0 Å². The highest BCUT2D eigenvalue weighted by Gasteiger charge is 1.78. The molecule has 0 aromatic rings. The highest BCUT2D eigenvalue weighted by molar-refractivity contribution is 5.06. The summed E-state index contributed by atoms with van der Waals surface area (Å²) in [5.41, 5.74) is 0. The zero-order valence-corrected chi connectivity index (χ0v) is 7.37. The van der Waals surface area contributed by atoms with Gasteiger partial charge in [-0.2, -0.15) is 0 Å². The van der Waals surface area contributed by atoms with Gasteiger partial charge in [0, 0.05) is 0 Å². The van der Waals surface area contributed by atoms with Gasteiger partial charge in [-0.25, -0.2) is 0 Å². The molecule has 1 radical (unpaired) electrons. The van der Waals surface area contributed by atoms with Crippen LogP contribution in [0.4, 0.5) is 0 Å². The van der Waals surface area contributed by atoms with E-state index >= 15 is 0 Å². The molecule has 0 saturated heterocycles. The number of hydrogen-bond acceptors (Lipinski definition) is 0. The minimum absolute atomic E-state index is 1.03. The maximum Gasteiger partial charge on any atom is -0.0163 e. The number of rotatable bonds is 0. The van der Waals surface area contributed by atoms with Gasteiger partial charge in [0.15, 0.2) is 0 Å². The molecule has 0 heteroatoms. The molecule has 1 rings (SSSR count). The summed E-state index contributed by atoms with van der Waals surface area (Å²) in [5.74, 6) is 0. The highest BCUT2D eigenvalue weighted by atomic mass is 13.8. The predicted octanol–water partition coefficient (Wildman–Crippen LogP) is 3.59. The Labute approximate surface area is 75.0 Å². The van der Waals surface area contributed by atoms with Crippen molar-refractivity contribution in [1.82, 2.24) is 0 Å². The normalized spacial score (nSPS) is 18.7. The Balaban J connectivity index is 2.41. The zero-order valence-electron chi connectivity index (χ0n) is 7.37. The molecular formula is C12H15. The van der Waals surface area contributed by atoms with E-state index in [1.54, 1.807) is 0 Å². The monoisotopic (exact) mass is 159 g/mol. The molecule has 0 saturated carbocycles. The van der Waals surface area contributed by atoms with E-state index in [0.717, 1.165) is 25.7 Å². The molecule has 0 spiro atoms. The molecule has 0 aromatic heterocycles. The quantitative estimate of drug-likeness (QED) is 0.474. The Bertz CT molecular complexity index is 204. The van der Waals surface area contributed by atoms with E-state index in [1.807, 2.05) is 0 Å². The van der Waals surface area contributed by atoms with Crippen LogP contribution in [0.2, 0.25) is 0 Å². The van der Waals surface area contributed by atoms with Gasteiger partial charge in [-0.1, -0.05) is 42.5 Å². The van der Waals surface area contributed by atoms with E-state index in [-0.39, 0.29) is 0 Å². The van der Waals surface area contributed by atoms with E-state index in [0.29, 0.717) is 0 Å². The summed E-state index contributed by atoms with van der Waals surface area (Å²) in [6, 6.07) is 0. The van der Waals surface area contributed by atoms with Crippen LogP contribution < -0.4 is 0 Å². The number of allylic oxidation sites excluding steroid dienone is 8. The average molecular weight is 159 g/mol. The Morgan fingerprint density at radius 3 is 2.67 bits per heavy atom. The molecule has 0 heterocycles. The molecule has 0 N–H and O–H groups in total. The molecule has 0 nitrogen and oxygen atoms in total. The molecule has 12 heavy (non-hydrogen) atoms. The summed E-state index contributed by atoms with van der Waals surface area (Å²) >= 11 is 0. The average Bonchev–Trinajstić information content (AvgIpc) is 2.05. The van der Waals surface area contributed by atoms with Gasteiger partial charge in [0.05, 0.1) is 0 Å². The van der Waals surface area contributed by atoms with Crippen molar-refractivity contribution in [3.63, 3.8) is 0 Å². The highest BCUT2D eigenvalue weighted by Crippen LogP contribution is 1.97. The molecule has 1 aliphatic rings. The third-order valence-corrected chi connectivity index (χ3v) is 1.68. The fourth-order valence-corrected chi connectivity index (χ4v) is 1.02. The van der Waals surface area contributed by atoms with Crippen LogP contribution in [0.3, 0.4) is 0 Å². The molecule has 0 aromatic carbocycles. The van der Waals surface area contributed by atoms with Crippen molar-refractivity contribution in [2.75, 3.05) is 0 Å². The van der Waals surface area contributed by atoms with E-state index in [4.69, 9.17) is 0 Å². The van der Waals surface area contributed by atoms with Crippen LogP contribution in [-0.4, -0.2) is 0 Å². The third kappa shape index (κ3) is 4.73. The van der Waals surface area contributed by atoms with Crippen molar-refractivity contribution >= 4 is 0 Å². The van der Waals surface area contributed by atoms with Crippen LogP contribution in [0.25, 0.3) is 0 Å². The number of hydrogen-bond donors (Lipinski definition) is 0. The van der Waals surface area contributed by atoms with Crippen LogP contribution in [0.5, 0.6) is 0 Å². The van der Waals surface area contributed by atoms with Crippen LogP contribution in [0.15, 0.2) is 42.5 Å². The lowest BCUT2D eigenvalue weighted by molar-refractivity contribution is 1.02. The standard InChI is InChI=1S/C12H15/c1-2-4-6-8-10-12-11-9-7-5-3-1/h1-4,7,9,12H,5-6,8,11H2. The molecule has 0 unspecified atom stereocenters. The molecule has 0 amide bonds. The first-order valence-corrected chi connectivity index (χ1v) is 4.52. The van der Waals surface area contributed by atoms with Crippen molar-refractivity contribution in [2.24, 2.45) is 0 Å². The zero-order chi connectivity index (χ0) is 8.49. The summed E-state index contributed by atoms with van der Waals surface area (Å²) in [7, 11) is 0. The molecule has 0 atom stereocenters. The largest absolute Gasteiger partial charge is 0.0844 e. The summed E-state index contributed by atoms with van der Waals surface area (Å²) in [4.78, 5) is 0. The third-order valence-electron chi connectivity index (χ3n) is 1.68. The predicted molar refractivity (Wildman–Crippen MR) is 53.7 cm³/mol. The van der Waals surface area contributed by atoms with Crippen molar-refractivity contribution in [3.05, 3.63) is 48.6 Å². The second-order valence-corrected chi connectivity index (χ2v) is 2.75. The lowest BCUT2D eigenvalue weighted by Crippen LogP contribution is -1.68. The Morgan fingerprint density at radius 1 is 0.833 bits per heavy atom. The maximum atomic E-state index is 3.25. The van der Waals surface area contributed by atoms with Crippen LogP contribution >= 0.6 is 0 Å². The molecule has 63 valence electrons. The van der Waals surface area contributed by atoms with Crippen molar-refractivity contribution in [2.45, 2.75) is 25.7 Å². The Morgan fingerprint density at radius 2 is 1.67 bits per heavy atom. The Kier molecular flexibility index (Phi) is 5.02. The fourth-order valence-electron chi connectivity index (χ4n) is 1.02. The summed E-state index contributed by atoms with van der Waals surface area (Å²) < 4.78 is 0. The van der Waals surface area contributed by atoms with Crippen molar-refractivity contribution in [1.29, 1.82) is 0 Å². The first kappa shape index (κ1) is 9.05. The summed E-state index contributed by atoms with van der Waals surface area (Å²) in [6.07, 6.45) is 22.5. The van der Waals surface area contributed by atoms with Gasteiger partial charge < -0.3 is 0 Å². The van der Waals surface area contributed by atoms with Gasteiger partial charge in [0.2, 0.25) is 0 Å². The second-order valence-electron chi connectivity index (χ2n) is 2.75. The Hall–Kier alpha value is -1.04. The van der Waals surface area contributed by atoms with Gasteiger partial charge in [-0.3, -0.25) is 0 Å². The van der Waals surface area contributed by atoms with Crippen LogP contribution in [-0.2, 0) is 0 Å². The van der Waals surface area contributed by atoms with E-state index in [2.05, 4.69) is 48.6 Å². The minimum atomic E-state index is 1.03. The molecule has 0 fully saturated rings. The molecular weight excluding hydrogens is 144 g/mol. The summed E-state index contributed by atoms with van der Waals surface area (Å²) in [6.45, 7) is 0. The SMILES string of the molecule is [C]1=CCC=CCC=CC=CCC1. The topological polar surface area (TPSA) is 0 Å². The molecule has 0 aliphatic heterocycles. The molecule has 0 bridgehead atoms. The van der Waals surface area contributed by atoms with Gasteiger partial charge in [0.1, 0.15) is 0 Å². The van der Waals surface area contributed by atoms with Crippen molar-refractivity contribution in [3.8, 4) is 0 Å². The summed E-state index contributed by atoms with van der Waals surface area (Å²) in [5, 5.41) is 0. The lowest BCUT2D eigenvalue weighted by atomic mass is 10.2. The van der Waals surface area contributed by atoms with Gasteiger partial charge in [-0.05, 0) is 31.8 Å². The van der Waals surface area contributed by atoms with Gasteiger partial charge in [-0.15, -0.1) is 0 Å². The second kappa shape index (κ2) is 6.66. The smallest absolute Gasteiger partial charge is 0.0163 e. The van der Waals surface area contributed by atoms with Crippen LogP contribution in [0, 0.1) is 6.08 Å². The van der Waals surface area contributed by atoms with E-state index in [1.165, 1.54) is 0 Å². The fraction of sp³-hybridized carbons (Fsp3) is 0.333. The minimum Gasteiger partial charge on any atom is -0.0844 e. The van der Waals surface area contributed by atoms with Crippen LogP contribution in [0.1, 0.15) is 25.7 Å². The first-order chi connectivity index (χ1) is 6.00. The first-order valence-electron chi connectivity index (χ1n) is 4.52. The van der Waals surface area contributed by atoms with E-state index < -0.39 is 0 Å². The van der Waals surface area contributed by atoms with Gasteiger partial charge in [0.25, 0.3) is 0 Å². The van der Waals surface area contributed by atoms with Crippen molar-refractivity contribution < 1.29 is 0 Å². The maximum absolute atomic E-state index is 3.25. The molecule has 1 aliphatic carbocycles.